The van der Waals surface area contributed by atoms with E-state index in [1.165, 1.54) is 0 Å². The largest absolute Gasteiger partial charge is 0.352 e. The molecule has 6 nitrogen and oxygen atoms in total. The number of benzene rings is 1. The maximum atomic E-state index is 11.9. The van der Waals surface area contributed by atoms with Gasteiger partial charge in [-0.15, -0.1) is 0 Å². The Hall–Kier alpha value is -2.12. The number of hydrogen-bond donors (Lipinski definition) is 2. The maximum absolute atomic E-state index is 11.9. The van der Waals surface area contributed by atoms with Gasteiger partial charge in [0, 0.05) is 36.7 Å². The molecule has 1 amide bonds. The lowest BCUT2D eigenvalue weighted by atomic mass is 10.2. The van der Waals surface area contributed by atoms with Crippen LogP contribution in [-0.4, -0.2) is 38.2 Å². The molecule has 1 aromatic carbocycles. The summed E-state index contributed by atoms with van der Waals surface area (Å²) in [4.78, 5) is 11.9. The number of rotatable bonds is 7. The molecule has 1 heterocycles. The van der Waals surface area contributed by atoms with Gasteiger partial charge in [-0.1, -0.05) is 0 Å². The van der Waals surface area contributed by atoms with Gasteiger partial charge in [0.2, 0.25) is 10.0 Å². The standard InChI is InChI=1S/C15H19N3O3S/c1-22(20,21)17-10-4-9-16-15(19)13-5-7-14(8-6-13)18-11-2-3-12-18/h2-3,5-8,11-12,17H,4,9-10H2,1H3,(H,16,19). The minimum atomic E-state index is -3.17. The summed E-state index contributed by atoms with van der Waals surface area (Å²) >= 11 is 0. The molecule has 0 aliphatic carbocycles. The fraction of sp³-hybridized carbons (Fsp3) is 0.267. The number of nitrogens with one attached hydrogen (secondary N) is 2. The van der Waals surface area contributed by atoms with Gasteiger partial charge in [-0.2, -0.15) is 0 Å². The van der Waals surface area contributed by atoms with Crippen molar-refractivity contribution in [2.24, 2.45) is 0 Å². The van der Waals surface area contributed by atoms with Gasteiger partial charge in [0.1, 0.15) is 0 Å². The van der Waals surface area contributed by atoms with Crippen LogP contribution in [0.2, 0.25) is 0 Å². The molecule has 0 unspecified atom stereocenters. The first-order valence-electron chi connectivity index (χ1n) is 6.92. The second kappa shape index (κ2) is 7.24. The second-order valence-corrected chi connectivity index (χ2v) is 6.75. The van der Waals surface area contributed by atoms with Crippen LogP contribution >= 0.6 is 0 Å². The molecule has 118 valence electrons. The third-order valence-corrected chi connectivity index (χ3v) is 3.76. The molecule has 0 spiro atoms. The van der Waals surface area contributed by atoms with E-state index in [1.807, 2.05) is 41.2 Å². The van der Waals surface area contributed by atoms with Gasteiger partial charge in [-0.05, 0) is 42.8 Å². The molecule has 0 aliphatic heterocycles. The lowest BCUT2D eigenvalue weighted by molar-refractivity contribution is 0.0953. The van der Waals surface area contributed by atoms with E-state index in [1.54, 1.807) is 12.1 Å². The van der Waals surface area contributed by atoms with E-state index in [2.05, 4.69) is 10.0 Å². The first kappa shape index (κ1) is 16.3. The van der Waals surface area contributed by atoms with E-state index >= 15 is 0 Å². The molecular weight excluding hydrogens is 302 g/mol. The Labute approximate surface area is 130 Å². The highest BCUT2D eigenvalue weighted by atomic mass is 32.2. The topological polar surface area (TPSA) is 80.2 Å². The Morgan fingerprint density at radius 1 is 1.09 bits per heavy atom. The highest BCUT2D eigenvalue weighted by Crippen LogP contribution is 2.09. The molecule has 22 heavy (non-hydrogen) atoms. The molecule has 0 fully saturated rings. The number of hydrogen-bond acceptors (Lipinski definition) is 3. The number of nitrogens with zero attached hydrogens (tertiary/aromatic N) is 1. The Morgan fingerprint density at radius 3 is 2.32 bits per heavy atom. The smallest absolute Gasteiger partial charge is 0.251 e. The predicted molar refractivity (Wildman–Crippen MR) is 85.6 cm³/mol. The Bertz CT molecular complexity index is 707. The fourth-order valence-corrected chi connectivity index (χ4v) is 2.46. The van der Waals surface area contributed by atoms with Gasteiger partial charge >= 0.3 is 0 Å². The van der Waals surface area contributed by atoms with Crippen LogP contribution in [0.5, 0.6) is 0 Å². The highest BCUT2D eigenvalue weighted by Gasteiger charge is 2.05. The molecule has 0 atom stereocenters. The minimum absolute atomic E-state index is 0.168. The van der Waals surface area contributed by atoms with E-state index in [0.717, 1.165) is 11.9 Å². The maximum Gasteiger partial charge on any atom is 0.251 e. The lowest BCUT2D eigenvalue weighted by Gasteiger charge is -2.07. The van der Waals surface area contributed by atoms with Gasteiger partial charge in [-0.3, -0.25) is 4.79 Å². The van der Waals surface area contributed by atoms with E-state index in [0.29, 0.717) is 25.1 Å². The van der Waals surface area contributed by atoms with E-state index < -0.39 is 10.0 Å². The number of amides is 1. The summed E-state index contributed by atoms with van der Waals surface area (Å²) in [6, 6.07) is 11.1. The first-order chi connectivity index (χ1) is 10.5. The third kappa shape index (κ3) is 5.01. The van der Waals surface area contributed by atoms with Crippen LogP contribution < -0.4 is 10.0 Å². The van der Waals surface area contributed by atoms with Crippen LogP contribution in [-0.2, 0) is 10.0 Å². The number of carbonyl (C=O) groups excluding carboxylic acids is 1. The lowest BCUT2D eigenvalue weighted by Crippen LogP contribution is -2.29. The molecule has 7 heteroatoms. The van der Waals surface area contributed by atoms with Crippen molar-refractivity contribution in [1.82, 2.24) is 14.6 Å². The molecule has 1 aromatic heterocycles. The second-order valence-electron chi connectivity index (χ2n) is 4.91. The highest BCUT2D eigenvalue weighted by molar-refractivity contribution is 7.88. The molecule has 0 bridgehead atoms. The van der Waals surface area contributed by atoms with Gasteiger partial charge in [0.25, 0.3) is 5.91 Å². The predicted octanol–water partition coefficient (Wildman–Crippen LogP) is 1.15. The molecule has 2 N–H and O–H groups in total. The van der Waals surface area contributed by atoms with E-state index in [9.17, 15) is 13.2 Å². The Kier molecular flexibility index (Phi) is 5.35. The minimum Gasteiger partial charge on any atom is -0.352 e. The van der Waals surface area contributed by atoms with Crippen molar-refractivity contribution in [3.05, 3.63) is 54.4 Å². The van der Waals surface area contributed by atoms with E-state index in [-0.39, 0.29) is 5.91 Å². The summed E-state index contributed by atoms with van der Waals surface area (Å²) < 4.78 is 26.1. The quantitative estimate of drug-likeness (QED) is 0.751. The Balaban J connectivity index is 1.80. The van der Waals surface area contributed by atoms with Gasteiger partial charge in [0.05, 0.1) is 6.26 Å². The monoisotopic (exact) mass is 321 g/mol. The zero-order chi connectivity index (χ0) is 16.0. The molecule has 2 rings (SSSR count). The summed E-state index contributed by atoms with van der Waals surface area (Å²) in [5.74, 6) is -0.168. The fourth-order valence-electron chi connectivity index (χ4n) is 1.94. The van der Waals surface area contributed by atoms with Crippen molar-refractivity contribution in [3.63, 3.8) is 0 Å². The zero-order valence-corrected chi connectivity index (χ0v) is 13.1. The van der Waals surface area contributed by atoms with Crippen molar-refractivity contribution >= 4 is 15.9 Å². The average molecular weight is 321 g/mol. The van der Waals surface area contributed by atoms with Crippen LogP contribution in [0.1, 0.15) is 16.8 Å². The van der Waals surface area contributed by atoms with Crippen LogP contribution in [0.3, 0.4) is 0 Å². The molecule has 0 aliphatic rings. The molecule has 0 saturated carbocycles. The van der Waals surface area contributed by atoms with Crippen LogP contribution in [0, 0.1) is 0 Å². The van der Waals surface area contributed by atoms with Gasteiger partial charge in [-0.25, -0.2) is 13.1 Å². The molecule has 0 saturated heterocycles. The van der Waals surface area contributed by atoms with Gasteiger partial charge in [0.15, 0.2) is 0 Å². The summed E-state index contributed by atoms with van der Waals surface area (Å²) in [6.45, 7) is 0.729. The summed E-state index contributed by atoms with van der Waals surface area (Å²) in [6.07, 6.45) is 5.52. The zero-order valence-electron chi connectivity index (χ0n) is 12.3. The van der Waals surface area contributed by atoms with Crippen molar-refractivity contribution in [2.45, 2.75) is 6.42 Å². The van der Waals surface area contributed by atoms with Crippen LogP contribution in [0.15, 0.2) is 48.8 Å². The third-order valence-electron chi connectivity index (χ3n) is 3.04. The van der Waals surface area contributed by atoms with Crippen LogP contribution in [0.4, 0.5) is 0 Å². The Morgan fingerprint density at radius 2 is 1.73 bits per heavy atom. The number of aromatic nitrogens is 1. The summed E-state index contributed by atoms with van der Waals surface area (Å²) in [5.41, 5.74) is 1.56. The number of sulfonamides is 1. The van der Waals surface area contributed by atoms with Crippen molar-refractivity contribution in [2.75, 3.05) is 19.3 Å². The summed E-state index contributed by atoms with van der Waals surface area (Å²) in [5, 5.41) is 2.76. The SMILES string of the molecule is CS(=O)(=O)NCCCNC(=O)c1ccc(-n2cccc2)cc1. The number of carbonyl (C=O) groups is 1. The molecule has 2 aromatic rings. The first-order valence-corrected chi connectivity index (χ1v) is 8.81. The average Bonchev–Trinajstić information content (AvgIpc) is 3.00. The van der Waals surface area contributed by atoms with E-state index in [4.69, 9.17) is 0 Å². The summed E-state index contributed by atoms with van der Waals surface area (Å²) in [7, 11) is -3.17. The molecular formula is C15H19N3O3S. The van der Waals surface area contributed by atoms with Crippen molar-refractivity contribution in [3.8, 4) is 5.69 Å². The van der Waals surface area contributed by atoms with Crippen molar-refractivity contribution < 1.29 is 13.2 Å². The molecule has 0 radical (unpaired) electrons. The normalized spacial score (nSPS) is 11.3. The van der Waals surface area contributed by atoms with Gasteiger partial charge < -0.3 is 9.88 Å². The van der Waals surface area contributed by atoms with Crippen molar-refractivity contribution in [1.29, 1.82) is 0 Å². The van der Waals surface area contributed by atoms with Crippen LogP contribution in [0.25, 0.3) is 5.69 Å².